The van der Waals surface area contributed by atoms with E-state index >= 15 is 0 Å². The molecule has 2 aromatic carbocycles. The second kappa shape index (κ2) is 5.41. The van der Waals surface area contributed by atoms with E-state index in [-0.39, 0.29) is 17.4 Å². The largest absolute Gasteiger partial charge is 0.497 e. The highest BCUT2D eigenvalue weighted by Gasteiger charge is 2.46. The first-order valence-electron chi connectivity index (χ1n) is 8.37. The summed E-state index contributed by atoms with van der Waals surface area (Å²) in [5, 5.41) is 12.9. The minimum Gasteiger partial charge on any atom is -0.497 e. The zero-order valence-corrected chi connectivity index (χ0v) is 14.5. The molecular weight excluding hydrogens is 318 g/mol. The van der Waals surface area contributed by atoms with Crippen molar-refractivity contribution in [3.8, 4) is 11.5 Å². The van der Waals surface area contributed by atoms with E-state index in [2.05, 4.69) is 19.2 Å². The number of fused-ring (bicyclic) bond motifs is 4. The number of hydrogen-bond donors (Lipinski definition) is 2. The summed E-state index contributed by atoms with van der Waals surface area (Å²) in [5.41, 5.74) is 3.16. The smallest absolute Gasteiger partial charge is 0.335 e. The van der Waals surface area contributed by atoms with Crippen molar-refractivity contribution in [1.29, 1.82) is 0 Å². The van der Waals surface area contributed by atoms with Gasteiger partial charge in [0.1, 0.15) is 11.5 Å². The molecule has 2 N–H and O–H groups in total. The molecule has 130 valence electrons. The Balaban J connectivity index is 1.84. The van der Waals surface area contributed by atoms with Crippen LogP contribution in [0.4, 0.5) is 5.69 Å². The Labute approximate surface area is 146 Å². The topological polar surface area (TPSA) is 67.8 Å². The van der Waals surface area contributed by atoms with E-state index in [0.29, 0.717) is 12.2 Å². The van der Waals surface area contributed by atoms with Crippen molar-refractivity contribution in [2.24, 2.45) is 5.92 Å². The minimum atomic E-state index is -0.907. The molecule has 0 radical (unpaired) electrons. The summed E-state index contributed by atoms with van der Waals surface area (Å²) in [5.74, 6) is 0.949. The Morgan fingerprint density at radius 1 is 1.28 bits per heavy atom. The molecule has 0 saturated heterocycles. The van der Waals surface area contributed by atoms with Gasteiger partial charge in [0, 0.05) is 22.6 Å². The maximum absolute atomic E-state index is 11.4. The SMILES string of the molecule is COc1ccc2c(c1)[C@@H]1Nc3ccc(C(=O)O)cc3C(C)(C)[C@@H]1CO2. The van der Waals surface area contributed by atoms with Crippen LogP contribution in [0.25, 0.3) is 0 Å². The molecule has 5 nitrogen and oxygen atoms in total. The average Bonchev–Trinajstić information content (AvgIpc) is 2.60. The van der Waals surface area contributed by atoms with Crippen LogP contribution >= 0.6 is 0 Å². The van der Waals surface area contributed by atoms with E-state index in [1.807, 2.05) is 24.3 Å². The van der Waals surface area contributed by atoms with Crippen LogP contribution in [0.1, 0.15) is 41.4 Å². The molecule has 0 aromatic heterocycles. The van der Waals surface area contributed by atoms with Gasteiger partial charge in [-0.1, -0.05) is 13.8 Å². The van der Waals surface area contributed by atoms with Gasteiger partial charge in [-0.3, -0.25) is 0 Å². The van der Waals surface area contributed by atoms with Crippen LogP contribution in [-0.4, -0.2) is 24.8 Å². The van der Waals surface area contributed by atoms with Crippen LogP contribution in [-0.2, 0) is 5.41 Å². The molecule has 0 bridgehead atoms. The van der Waals surface area contributed by atoms with Gasteiger partial charge >= 0.3 is 5.97 Å². The standard InChI is InChI=1S/C20H21NO4/c1-20(2)14-8-11(19(22)23)4-6-16(14)21-18-13-9-12(24-3)5-7-17(13)25-10-15(18)20/h4-9,15,18,21H,10H2,1-3H3,(H,22,23)/t15-,18+/m1/s1. The van der Waals surface area contributed by atoms with Crippen molar-refractivity contribution in [2.45, 2.75) is 25.3 Å². The van der Waals surface area contributed by atoms with Crippen LogP contribution in [0.5, 0.6) is 11.5 Å². The van der Waals surface area contributed by atoms with Crippen molar-refractivity contribution >= 4 is 11.7 Å². The van der Waals surface area contributed by atoms with E-state index < -0.39 is 5.97 Å². The van der Waals surface area contributed by atoms with Crippen LogP contribution < -0.4 is 14.8 Å². The quantitative estimate of drug-likeness (QED) is 0.870. The molecule has 0 fully saturated rings. The number of carbonyl (C=O) groups is 1. The van der Waals surface area contributed by atoms with E-state index in [1.165, 1.54) is 0 Å². The second-order valence-electron chi connectivity index (χ2n) is 7.23. The highest BCUT2D eigenvalue weighted by Crippen LogP contribution is 2.52. The third kappa shape index (κ3) is 2.34. The van der Waals surface area contributed by atoms with Gasteiger partial charge in [0.15, 0.2) is 0 Å². The first-order chi connectivity index (χ1) is 11.9. The first-order valence-corrected chi connectivity index (χ1v) is 8.37. The van der Waals surface area contributed by atoms with E-state index in [9.17, 15) is 9.90 Å². The molecule has 0 unspecified atom stereocenters. The molecule has 2 aliphatic heterocycles. The molecule has 5 heteroatoms. The number of anilines is 1. The normalized spacial score (nSPS) is 22.5. The summed E-state index contributed by atoms with van der Waals surface area (Å²) >= 11 is 0. The Kier molecular flexibility index (Phi) is 3.42. The molecule has 0 saturated carbocycles. The molecule has 2 aliphatic rings. The summed E-state index contributed by atoms with van der Waals surface area (Å²) in [4.78, 5) is 11.4. The predicted octanol–water partition coefficient (Wildman–Crippen LogP) is 3.85. The fourth-order valence-electron chi connectivity index (χ4n) is 4.03. The monoisotopic (exact) mass is 339 g/mol. The van der Waals surface area contributed by atoms with Crippen LogP contribution in [0, 0.1) is 5.92 Å². The molecule has 0 spiro atoms. The van der Waals surface area contributed by atoms with E-state index in [1.54, 1.807) is 19.2 Å². The van der Waals surface area contributed by atoms with Crippen molar-refractivity contribution in [1.82, 2.24) is 0 Å². The van der Waals surface area contributed by atoms with Gasteiger partial charge in [-0.15, -0.1) is 0 Å². The summed E-state index contributed by atoms with van der Waals surface area (Å²) in [6.07, 6.45) is 0. The molecule has 4 rings (SSSR count). The fourth-order valence-corrected chi connectivity index (χ4v) is 4.03. The molecule has 25 heavy (non-hydrogen) atoms. The number of carboxylic acids is 1. The molecule has 0 amide bonds. The molecule has 2 atom stereocenters. The Morgan fingerprint density at radius 3 is 2.80 bits per heavy atom. The van der Waals surface area contributed by atoms with Gasteiger partial charge in [-0.25, -0.2) is 4.79 Å². The fraction of sp³-hybridized carbons (Fsp3) is 0.350. The van der Waals surface area contributed by atoms with Gasteiger partial charge in [-0.2, -0.15) is 0 Å². The van der Waals surface area contributed by atoms with Crippen molar-refractivity contribution in [3.63, 3.8) is 0 Å². The lowest BCUT2D eigenvalue weighted by Crippen LogP contribution is -2.46. The average molecular weight is 339 g/mol. The molecular formula is C20H21NO4. The number of aromatic carboxylic acids is 1. The van der Waals surface area contributed by atoms with Gasteiger partial charge < -0.3 is 19.9 Å². The Morgan fingerprint density at radius 2 is 2.08 bits per heavy atom. The number of ether oxygens (including phenoxy) is 2. The third-order valence-electron chi connectivity index (χ3n) is 5.57. The van der Waals surface area contributed by atoms with Crippen LogP contribution in [0.15, 0.2) is 36.4 Å². The molecule has 0 aliphatic carbocycles. The Hall–Kier alpha value is -2.69. The van der Waals surface area contributed by atoms with Gasteiger partial charge in [-0.05, 0) is 42.0 Å². The number of carboxylic acid groups (broad SMARTS) is 1. The predicted molar refractivity (Wildman–Crippen MR) is 94.8 cm³/mol. The first kappa shape index (κ1) is 15.8. The van der Waals surface area contributed by atoms with Crippen molar-refractivity contribution in [2.75, 3.05) is 19.0 Å². The lowest BCUT2D eigenvalue weighted by Gasteiger charge is -2.48. The lowest BCUT2D eigenvalue weighted by molar-refractivity contribution is 0.0696. The van der Waals surface area contributed by atoms with E-state index in [0.717, 1.165) is 28.3 Å². The molecule has 2 aromatic rings. The minimum absolute atomic E-state index is 0.0945. The second-order valence-corrected chi connectivity index (χ2v) is 7.23. The zero-order valence-electron chi connectivity index (χ0n) is 14.5. The van der Waals surface area contributed by atoms with Gasteiger partial charge in [0.05, 0.1) is 25.3 Å². The Bertz CT molecular complexity index is 859. The van der Waals surface area contributed by atoms with Crippen LogP contribution in [0.3, 0.4) is 0 Å². The number of hydrogen-bond acceptors (Lipinski definition) is 4. The summed E-state index contributed by atoms with van der Waals surface area (Å²) < 4.78 is 11.4. The molecule has 2 heterocycles. The lowest BCUT2D eigenvalue weighted by atomic mass is 9.65. The number of benzene rings is 2. The number of rotatable bonds is 2. The maximum atomic E-state index is 11.4. The summed E-state index contributed by atoms with van der Waals surface area (Å²) in [6.45, 7) is 4.90. The zero-order chi connectivity index (χ0) is 17.8. The number of methoxy groups -OCH3 is 1. The number of nitrogens with one attached hydrogen (secondary N) is 1. The van der Waals surface area contributed by atoms with Gasteiger partial charge in [0.25, 0.3) is 0 Å². The third-order valence-corrected chi connectivity index (χ3v) is 5.57. The van der Waals surface area contributed by atoms with Gasteiger partial charge in [0.2, 0.25) is 0 Å². The van der Waals surface area contributed by atoms with Crippen molar-refractivity contribution < 1.29 is 19.4 Å². The summed E-state index contributed by atoms with van der Waals surface area (Å²) in [7, 11) is 1.66. The van der Waals surface area contributed by atoms with Crippen molar-refractivity contribution in [3.05, 3.63) is 53.1 Å². The maximum Gasteiger partial charge on any atom is 0.335 e. The highest BCUT2D eigenvalue weighted by molar-refractivity contribution is 5.89. The summed E-state index contributed by atoms with van der Waals surface area (Å²) in [6, 6.07) is 11.3. The highest BCUT2D eigenvalue weighted by atomic mass is 16.5. The van der Waals surface area contributed by atoms with E-state index in [4.69, 9.17) is 9.47 Å². The van der Waals surface area contributed by atoms with Crippen LogP contribution in [0.2, 0.25) is 0 Å².